The average Bonchev–Trinajstić information content (AvgIpc) is 2.68. The molecular weight excluding hydrogens is 359 g/mol. The summed E-state index contributed by atoms with van der Waals surface area (Å²) in [5, 5.41) is 15.3. The van der Waals surface area contributed by atoms with Crippen LogP contribution in [-0.4, -0.2) is 16.9 Å². The van der Waals surface area contributed by atoms with E-state index in [4.69, 9.17) is 0 Å². The molecule has 0 unspecified atom stereocenters. The highest BCUT2D eigenvalue weighted by molar-refractivity contribution is 6.04. The van der Waals surface area contributed by atoms with Gasteiger partial charge in [-0.25, -0.2) is 4.39 Å². The number of aromatic hydroxyl groups is 1. The van der Waals surface area contributed by atoms with Crippen LogP contribution in [0.4, 0.5) is 10.1 Å². The quantitative estimate of drug-likeness (QED) is 0.627. The highest BCUT2D eigenvalue weighted by atomic mass is 19.1. The second kappa shape index (κ2) is 8.35. The number of phenolic OH excluding ortho intramolecular Hbond substituents is 1. The molecule has 2 amide bonds. The Labute approximate surface area is 161 Å². The Kier molecular flexibility index (Phi) is 5.69. The molecule has 0 radical (unpaired) electrons. The van der Waals surface area contributed by atoms with Gasteiger partial charge in [0.2, 0.25) is 0 Å². The lowest BCUT2D eigenvalue weighted by Gasteiger charge is -2.10. The molecule has 3 aromatic carbocycles. The Morgan fingerprint density at radius 1 is 0.964 bits per heavy atom. The second-order valence-electron chi connectivity index (χ2n) is 6.36. The molecule has 0 saturated carbocycles. The second-order valence-corrected chi connectivity index (χ2v) is 6.36. The van der Waals surface area contributed by atoms with Gasteiger partial charge in [0.1, 0.15) is 11.6 Å². The lowest BCUT2D eigenvalue weighted by atomic mass is 10.1. The molecule has 3 rings (SSSR count). The molecule has 6 heteroatoms. The van der Waals surface area contributed by atoms with E-state index >= 15 is 0 Å². The van der Waals surface area contributed by atoms with Crippen molar-refractivity contribution in [1.29, 1.82) is 0 Å². The minimum Gasteiger partial charge on any atom is -0.507 e. The molecule has 0 bridgehead atoms. The van der Waals surface area contributed by atoms with Crippen molar-refractivity contribution in [3.8, 4) is 5.75 Å². The number of hydrogen-bond acceptors (Lipinski definition) is 3. The summed E-state index contributed by atoms with van der Waals surface area (Å²) in [6.45, 7) is 2.07. The fourth-order valence-corrected chi connectivity index (χ4v) is 2.67. The molecule has 5 nitrogen and oxygen atoms in total. The number of anilines is 1. The third-order valence-electron chi connectivity index (χ3n) is 4.14. The molecule has 3 N–H and O–H groups in total. The molecule has 28 heavy (non-hydrogen) atoms. The Balaban J connectivity index is 1.64. The summed E-state index contributed by atoms with van der Waals surface area (Å²) >= 11 is 0. The first-order valence-electron chi connectivity index (χ1n) is 8.66. The van der Waals surface area contributed by atoms with Crippen molar-refractivity contribution in [1.82, 2.24) is 5.32 Å². The van der Waals surface area contributed by atoms with Crippen molar-refractivity contribution < 1.29 is 19.1 Å². The van der Waals surface area contributed by atoms with Gasteiger partial charge in [-0.15, -0.1) is 0 Å². The van der Waals surface area contributed by atoms with Gasteiger partial charge < -0.3 is 15.7 Å². The largest absolute Gasteiger partial charge is 0.507 e. The normalized spacial score (nSPS) is 10.4. The third kappa shape index (κ3) is 4.73. The number of nitrogens with one attached hydrogen (secondary N) is 2. The summed E-state index contributed by atoms with van der Waals surface area (Å²) in [4.78, 5) is 24.5. The Bertz CT molecular complexity index is 1020. The van der Waals surface area contributed by atoms with E-state index in [-0.39, 0.29) is 29.7 Å². The van der Waals surface area contributed by atoms with Crippen LogP contribution in [0, 0.1) is 12.7 Å². The van der Waals surface area contributed by atoms with Gasteiger partial charge in [0.25, 0.3) is 11.8 Å². The first kappa shape index (κ1) is 19.1. The van der Waals surface area contributed by atoms with Crippen LogP contribution in [0.1, 0.15) is 31.8 Å². The van der Waals surface area contributed by atoms with E-state index in [1.54, 1.807) is 30.3 Å². The zero-order valence-corrected chi connectivity index (χ0v) is 15.2. The van der Waals surface area contributed by atoms with Crippen molar-refractivity contribution in [3.63, 3.8) is 0 Å². The molecule has 0 heterocycles. The minimum absolute atomic E-state index is 0.0802. The minimum atomic E-state index is -0.408. The average molecular weight is 378 g/mol. The smallest absolute Gasteiger partial charge is 0.255 e. The summed E-state index contributed by atoms with van der Waals surface area (Å²) in [5.74, 6) is -1.23. The molecule has 0 spiro atoms. The standard InChI is InChI=1S/C22H19FN2O3/c1-14-5-10-20(26)19(11-14)22(28)24-13-15-3-2-4-18(12-15)25-21(27)16-6-8-17(23)9-7-16/h2-12,26H,13H2,1H3,(H,24,28)(H,25,27). The first-order chi connectivity index (χ1) is 13.4. The summed E-state index contributed by atoms with van der Waals surface area (Å²) in [6.07, 6.45) is 0. The molecular formula is C22H19FN2O3. The van der Waals surface area contributed by atoms with Crippen LogP contribution in [0.5, 0.6) is 5.75 Å². The van der Waals surface area contributed by atoms with Crippen molar-refractivity contribution in [3.05, 3.63) is 94.8 Å². The fraction of sp³-hybridized carbons (Fsp3) is 0.0909. The Morgan fingerprint density at radius 3 is 2.46 bits per heavy atom. The van der Waals surface area contributed by atoms with Crippen molar-refractivity contribution >= 4 is 17.5 Å². The van der Waals surface area contributed by atoms with Crippen LogP contribution >= 0.6 is 0 Å². The summed E-state index contributed by atoms with van der Waals surface area (Å²) < 4.78 is 13.0. The molecule has 0 aromatic heterocycles. The van der Waals surface area contributed by atoms with E-state index in [2.05, 4.69) is 10.6 Å². The van der Waals surface area contributed by atoms with Crippen LogP contribution in [-0.2, 0) is 6.54 Å². The van der Waals surface area contributed by atoms with Crippen molar-refractivity contribution in [2.24, 2.45) is 0 Å². The van der Waals surface area contributed by atoms with Gasteiger partial charge in [-0.2, -0.15) is 0 Å². The van der Waals surface area contributed by atoms with Crippen molar-refractivity contribution in [2.45, 2.75) is 13.5 Å². The number of carbonyl (C=O) groups excluding carboxylic acids is 2. The van der Waals surface area contributed by atoms with E-state index in [0.717, 1.165) is 11.1 Å². The highest BCUT2D eigenvalue weighted by Crippen LogP contribution is 2.18. The number of halogens is 1. The van der Waals surface area contributed by atoms with E-state index in [0.29, 0.717) is 11.3 Å². The Morgan fingerprint density at radius 2 is 1.71 bits per heavy atom. The number of rotatable bonds is 5. The fourth-order valence-electron chi connectivity index (χ4n) is 2.67. The third-order valence-corrected chi connectivity index (χ3v) is 4.14. The van der Waals surface area contributed by atoms with E-state index in [1.807, 2.05) is 13.0 Å². The molecule has 3 aromatic rings. The SMILES string of the molecule is Cc1ccc(O)c(C(=O)NCc2cccc(NC(=O)c3ccc(F)cc3)c2)c1. The van der Waals surface area contributed by atoms with Crippen LogP contribution in [0.2, 0.25) is 0 Å². The number of hydrogen-bond donors (Lipinski definition) is 3. The van der Waals surface area contributed by atoms with E-state index in [9.17, 15) is 19.1 Å². The maximum absolute atomic E-state index is 13.0. The predicted molar refractivity (Wildman–Crippen MR) is 105 cm³/mol. The lowest BCUT2D eigenvalue weighted by Crippen LogP contribution is -2.23. The Hall–Kier alpha value is -3.67. The van der Waals surface area contributed by atoms with Gasteiger partial charge in [-0.05, 0) is 61.0 Å². The van der Waals surface area contributed by atoms with E-state index < -0.39 is 5.82 Å². The number of phenols is 1. The van der Waals surface area contributed by atoms with Gasteiger partial charge in [0.05, 0.1) is 5.56 Å². The highest BCUT2D eigenvalue weighted by Gasteiger charge is 2.11. The van der Waals surface area contributed by atoms with Gasteiger partial charge in [0, 0.05) is 17.8 Å². The van der Waals surface area contributed by atoms with Gasteiger partial charge in [0.15, 0.2) is 0 Å². The first-order valence-corrected chi connectivity index (χ1v) is 8.66. The monoisotopic (exact) mass is 378 g/mol. The van der Waals surface area contributed by atoms with Crippen LogP contribution in [0.3, 0.4) is 0 Å². The maximum Gasteiger partial charge on any atom is 0.255 e. The molecule has 0 atom stereocenters. The topological polar surface area (TPSA) is 78.4 Å². The maximum atomic E-state index is 13.0. The zero-order valence-electron chi connectivity index (χ0n) is 15.2. The predicted octanol–water partition coefficient (Wildman–Crippen LogP) is 4.02. The van der Waals surface area contributed by atoms with Gasteiger partial charge >= 0.3 is 0 Å². The lowest BCUT2D eigenvalue weighted by molar-refractivity contribution is 0.0947. The molecule has 0 fully saturated rings. The molecule has 0 aliphatic carbocycles. The van der Waals surface area contributed by atoms with Crippen LogP contribution in [0.15, 0.2) is 66.7 Å². The summed E-state index contributed by atoms with van der Waals surface area (Å²) in [7, 11) is 0. The number of aryl methyl sites for hydroxylation is 1. The summed E-state index contributed by atoms with van der Waals surface area (Å²) in [5.41, 5.74) is 2.75. The number of amides is 2. The van der Waals surface area contributed by atoms with Gasteiger partial charge in [-0.1, -0.05) is 23.8 Å². The molecule has 0 aliphatic rings. The summed E-state index contributed by atoms with van der Waals surface area (Å²) in [6, 6.07) is 17.1. The van der Waals surface area contributed by atoms with Gasteiger partial charge in [-0.3, -0.25) is 9.59 Å². The van der Waals surface area contributed by atoms with Crippen LogP contribution < -0.4 is 10.6 Å². The molecule has 142 valence electrons. The van der Waals surface area contributed by atoms with Crippen LogP contribution in [0.25, 0.3) is 0 Å². The molecule has 0 aliphatic heterocycles. The number of benzene rings is 3. The zero-order chi connectivity index (χ0) is 20.1. The molecule has 0 saturated heterocycles. The van der Waals surface area contributed by atoms with E-state index in [1.165, 1.54) is 30.3 Å². The van der Waals surface area contributed by atoms with Crippen molar-refractivity contribution in [2.75, 3.05) is 5.32 Å². The number of carbonyl (C=O) groups is 2.